The third kappa shape index (κ3) is 2.63. The van der Waals surface area contributed by atoms with Crippen LogP contribution in [0.4, 0.5) is 0 Å². The van der Waals surface area contributed by atoms with Crippen molar-refractivity contribution in [1.82, 2.24) is 10.3 Å². The zero-order chi connectivity index (χ0) is 12.4. The zero-order valence-electron chi connectivity index (χ0n) is 9.47. The van der Waals surface area contributed by atoms with Gasteiger partial charge >= 0.3 is 5.97 Å². The van der Waals surface area contributed by atoms with Crippen molar-refractivity contribution >= 4 is 23.2 Å². The molecule has 0 unspecified atom stereocenters. The minimum atomic E-state index is -0.768. The van der Waals surface area contributed by atoms with E-state index >= 15 is 0 Å². The predicted molar refractivity (Wildman–Crippen MR) is 63.1 cm³/mol. The highest BCUT2D eigenvalue weighted by molar-refractivity contribution is 7.11. The highest BCUT2D eigenvalue weighted by Crippen LogP contribution is 2.26. The van der Waals surface area contributed by atoms with Crippen LogP contribution in [0.2, 0.25) is 0 Å². The van der Waals surface area contributed by atoms with E-state index in [1.165, 1.54) is 11.3 Å². The van der Waals surface area contributed by atoms with E-state index in [9.17, 15) is 9.59 Å². The summed E-state index contributed by atoms with van der Waals surface area (Å²) >= 11 is 1.31. The minimum absolute atomic E-state index is 0.0231. The summed E-state index contributed by atoms with van der Waals surface area (Å²) in [7, 11) is 0. The monoisotopic (exact) mass is 254 g/mol. The molecule has 2 rings (SSSR count). The molecule has 0 radical (unpaired) electrons. The smallest absolute Gasteiger partial charge is 0.306 e. The number of aliphatic carboxylic acids is 1. The number of nitrogens with zero attached hydrogens (tertiary/aromatic N) is 1. The predicted octanol–water partition coefficient (Wildman–Crippen LogP) is 1.43. The van der Waals surface area contributed by atoms with Gasteiger partial charge in [-0.3, -0.25) is 9.59 Å². The Balaban J connectivity index is 1.93. The van der Waals surface area contributed by atoms with Crippen molar-refractivity contribution in [1.29, 1.82) is 0 Å². The van der Waals surface area contributed by atoms with Crippen molar-refractivity contribution in [3.05, 3.63) is 16.1 Å². The van der Waals surface area contributed by atoms with Crippen molar-refractivity contribution in [2.45, 2.75) is 32.2 Å². The maximum Gasteiger partial charge on any atom is 0.306 e. The molecule has 0 saturated heterocycles. The standard InChI is InChI=1S/C11H14N2O3S/c1-6-9(17-5-12-6)10(14)13-8-3-2-7(4-8)11(15)16/h5,7-8H,2-4H2,1H3,(H,13,14)(H,15,16)/t7-,8-/m1/s1. The van der Waals surface area contributed by atoms with Gasteiger partial charge in [-0.1, -0.05) is 0 Å². The summed E-state index contributed by atoms with van der Waals surface area (Å²) < 4.78 is 0. The number of carboxylic acids is 1. The molecule has 1 fully saturated rings. The molecular weight excluding hydrogens is 240 g/mol. The highest BCUT2D eigenvalue weighted by atomic mass is 32.1. The Kier molecular flexibility index (Phi) is 3.42. The summed E-state index contributed by atoms with van der Waals surface area (Å²) in [6.07, 6.45) is 1.90. The molecule has 2 N–H and O–H groups in total. The number of hydrogen-bond donors (Lipinski definition) is 2. The Hall–Kier alpha value is -1.43. The Morgan fingerprint density at radius 1 is 1.53 bits per heavy atom. The molecule has 1 aliphatic carbocycles. The van der Waals surface area contributed by atoms with Crippen LogP contribution in [0.1, 0.15) is 34.6 Å². The third-order valence-corrected chi connectivity index (χ3v) is 4.00. The maximum absolute atomic E-state index is 11.9. The fourth-order valence-electron chi connectivity index (χ4n) is 2.11. The fraction of sp³-hybridized carbons (Fsp3) is 0.545. The highest BCUT2D eigenvalue weighted by Gasteiger charge is 2.31. The lowest BCUT2D eigenvalue weighted by atomic mass is 10.1. The van der Waals surface area contributed by atoms with Gasteiger partial charge < -0.3 is 10.4 Å². The van der Waals surface area contributed by atoms with E-state index in [0.717, 1.165) is 12.1 Å². The van der Waals surface area contributed by atoms with Gasteiger partial charge in [-0.2, -0.15) is 0 Å². The number of aryl methyl sites for hydroxylation is 1. The maximum atomic E-state index is 11.9. The molecule has 6 heteroatoms. The SMILES string of the molecule is Cc1ncsc1C(=O)N[C@@H]1CC[C@@H](C(=O)O)C1. The summed E-state index contributed by atoms with van der Waals surface area (Å²) in [5, 5.41) is 11.7. The van der Waals surface area contributed by atoms with Crippen LogP contribution in [-0.2, 0) is 4.79 Å². The van der Waals surface area contributed by atoms with Crippen LogP contribution in [-0.4, -0.2) is 28.0 Å². The molecule has 0 spiro atoms. The number of rotatable bonds is 3. The van der Waals surface area contributed by atoms with E-state index in [1.807, 2.05) is 0 Å². The van der Waals surface area contributed by atoms with Crippen molar-refractivity contribution in [3.63, 3.8) is 0 Å². The molecule has 1 aromatic heterocycles. The number of carbonyl (C=O) groups is 2. The van der Waals surface area contributed by atoms with Crippen LogP contribution >= 0.6 is 11.3 Å². The molecule has 1 aliphatic rings. The first kappa shape index (κ1) is 12.0. The Bertz CT molecular complexity index is 444. The van der Waals surface area contributed by atoms with E-state index < -0.39 is 5.97 Å². The third-order valence-electron chi connectivity index (χ3n) is 3.07. The molecule has 2 atom stereocenters. The lowest BCUT2D eigenvalue weighted by molar-refractivity contribution is -0.141. The Labute approximate surface area is 103 Å². The Morgan fingerprint density at radius 3 is 2.82 bits per heavy atom. The molecule has 1 saturated carbocycles. The van der Waals surface area contributed by atoms with Crippen LogP contribution < -0.4 is 5.32 Å². The van der Waals surface area contributed by atoms with Crippen LogP contribution in [0.5, 0.6) is 0 Å². The van der Waals surface area contributed by atoms with E-state index in [4.69, 9.17) is 5.11 Å². The lowest BCUT2D eigenvalue weighted by Gasteiger charge is -2.11. The normalized spacial score (nSPS) is 23.6. The van der Waals surface area contributed by atoms with Gasteiger partial charge in [-0.05, 0) is 26.2 Å². The molecule has 1 amide bonds. The average molecular weight is 254 g/mol. The lowest BCUT2D eigenvalue weighted by Crippen LogP contribution is -2.33. The van der Waals surface area contributed by atoms with E-state index in [1.54, 1.807) is 12.4 Å². The molecule has 0 bridgehead atoms. The first-order valence-corrected chi connectivity index (χ1v) is 6.39. The molecule has 0 aromatic carbocycles. The topological polar surface area (TPSA) is 79.3 Å². The summed E-state index contributed by atoms with van der Waals surface area (Å²) in [5.74, 6) is -1.22. The zero-order valence-corrected chi connectivity index (χ0v) is 10.3. The molecule has 0 aliphatic heterocycles. The van der Waals surface area contributed by atoms with Gasteiger partial charge in [0.25, 0.3) is 5.91 Å². The van der Waals surface area contributed by atoms with Gasteiger partial charge in [0.05, 0.1) is 17.1 Å². The fourth-order valence-corrected chi connectivity index (χ4v) is 2.81. The molecule has 5 nitrogen and oxygen atoms in total. The number of hydrogen-bond acceptors (Lipinski definition) is 4. The molecule has 1 aromatic rings. The summed E-state index contributed by atoms with van der Waals surface area (Å²) in [6.45, 7) is 1.79. The van der Waals surface area contributed by atoms with E-state index in [-0.39, 0.29) is 17.9 Å². The van der Waals surface area contributed by atoms with Gasteiger partial charge in [0.1, 0.15) is 4.88 Å². The average Bonchev–Trinajstić information content (AvgIpc) is 2.86. The van der Waals surface area contributed by atoms with E-state index in [0.29, 0.717) is 17.7 Å². The summed E-state index contributed by atoms with van der Waals surface area (Å²) in [6, 6.07) is -0.0231. The minimum Gasteiger partial charge on any atom is -0.481 e. The molecular formula is C11H14N2O3S. The number of nitrogens with one attached hydrogen (secondary N) is 1. The van der Waals surface area contributed by atoms with Crippen LogP contribution in [0.15, 0.2) is 5.51 Å². The number of carbonyl (C=O) groups excluding carboxylic acids is 1. The molecule has 92 valence electrons. The second-order valence-electron chi connectivity index (χ2n) is 4.29. The first-order valence-electron chi connectivity index (χ1n) is 5.51. The number of amides is 1. The second kappa shape index (κ2) is 4.83. The van der Waals surface area contributed by atoms with Crippen molar-refractivity contribution < 1.29 is 14.7 Å². The number of thiazole rings is 1. The summed E-state index contributed by atoms with van der Waals surface area (Å²) in [4.78, 5) is 27.3. The summed E-state index contributed by atoms with van der Waals surface area (Å²) in [5.41, 5.74) is 2.36. The van der Waals surface area contributed by atoms with Crippen LogP contribution in [0.3, 0.4) is 0 Å². The van der Waals surface area contributed by atoms with Crippen LogP contribution in [0, 0.1) is 12.8 Å². The van der Waals surface area contributed by atoms with Crippen LogP contribution in [0.25, 0.3) is 0 Å². The number of carboxylic acid groups (broad SMARTS) is 1. The van der Waals surface area contributed by atoms with Crippen molar-refractivity contribution in [3.8, 4) is 0 Å². The largest absolute Gasteiger partial charge is 0.481 e. The van der Waals surface area contributed by atoms with E-state index in [2.05, 4.69) is 10.3 Å². The molecule has 17 heavy (non-hydrogen) atoms. The second-order valence-corrected chi connectivity index (χ2v) is 5.14. The quantitative estimate of drug-likeness (QED) is 0.855. The van der Waals surface area contributed by atoms with Gasteiger partial charge in [0.2, 0.25) is 0 Å². The van der Waals surface area contributed by atoms with Crippen molar-refractivity contribution in [2.24, 2.45) is 5.92 Å². The van der Waals surface area contributed by atoms with Gasteiger partial charge in [0.15, 0.2) is 0 Å². The molecule has 1 heterocycles. The van der Waals surface area contributed by atoms with Gasteiger partial charge in [0, 0.05) is 6.04 Å². The first-order chi connectivity index (χ1) is 8.08. The number of aromatic nitrogens is 1. The van der Waals surface area contributed by atoms with Crippen molar-refractivity contribution in [2.75, 3.05) is 0 Å². The Morgan fingerprint density at radius 2 is 2.29 bits per heavy atom. The van der Waals surface area contributed by atoms with Gasteiger partial charge in [-0.15, -0.1) is 11.3 Å². The van der Waals surface area contributed by atoms with Gasteiger partial charge in [-0.25, -0.2) is 4.98 Å².